The molecule has 1 saturated heterocycles. The summed E-state index contributed by atoms with van der Waals surface area (Å²) in [6.45, 7) is 3.19. The largest absolute Gasteiger partial charge is 0.330 e. The van der Waals surface area contributed by atoms with Gasteiger partial charge in [0.15, 0.2) is 0 Å². The second kappa shape index (κ2) is 8.76. The Morgan fingerprint density at radius 1 is 1.20 bits per heavy atom. The van der Waals surface area contributed by atoms with Gasteiger partial charge in [-0.15, -0.1) is 12.4 Å². The van der Waals surface area contributed by atoms with Crippen molar-refractivity contribution in [2.45, 2.75) is 12.5 Å². The summed E-state index contributed by atoms with van der Waals surface area (Å²) in [5.41, 5.74) is 8.36. The van der Waals surface area contributed by atoms with E-state index < -0.39 is 0 Å². The van der Waals surface area contributed by atoms with Crippen LogP contribution < -0.4 is 5.73 Å². The van der Waals surface area contributed by atoms with Crippen molar-refractivity contribution in [3.63, 3.8) is 0 Å². The number of likely N-dealkylation sites (tertiary alicyclic amines) is 1. The number of rotatable bonds is 5. The van der Waals surface area contributed by atoms with E-state index in [1.165, 1.54) is 5.56 Å². The van der Waals surface area contributed by atoms with Crippen molar-refractivity contribution in [1.82, 2.24) is 4.90 Å². The lowest BCUT2D eigenvalue weighted by Gasteiger charge is -2.17. The first-order valence-electron chi connectivity index (χ1n) is 7.98. The Labute approximate surface area is 161 Å². The Bertz CT molecular complexity index is 730. The second-order valence-electron chi connectivity index (χ2n) is 6.25. The molecule has 0 unspecified atom stereocenters. The minimum Gasteiger partial charge on any atom is -0.330 e. The predicted octanol–water partition coefficient (Wildman–Crippen LogP) is 3.95. The summed E-state index contributed by atoms with van der Waals surface area (Å²) < 4.78 is 0.514. The molecule has 0 aliphatic carbocycles. The van der Waals surface area contributed by atoms with E-state index >= 15 is 0 Å². The van der Waals surface area contributed by atoms with E-state index in [1.54, 1.807) is 12.1 Å². The molecule has 0 spiro atoms. The molecule has 2 aromatic carbocycles. The van der Waals surface area contributed by atoms with Crippen LogP contribution in [-0.4, -0.2) is 29.5 Å². The standard InChI is InChI=1S/C18H20BrN3O2.ClH/c19-17-7-6-13(8-18(17)22(23)24)10-21-11-15(9-20)16(12-21)14-4-2-1-3-5-14;/h1-8,15-16H,9-12,20H2;1H/t15-,16+;/m1./s1. The lowest BCUT2D eigenvalue weighted by molar-refractivity contribution is -0.385. The van der Waals surface area contributed by atoms with Crippen LogP contribution in [0.2, 0.25) is 0 Å². The van der Waals surface area contributed by atoms with Crippen molar-refractivity contribution in [2.75, 3.05) is 19.6 Å². The minimum atomic E-state index is -0.354. The first-order valence-corrected chi connectivity index (χ1v) is 8.78. The van der Waals surface area contributed by atoms with Gasteiger partial charge in [0.05, 0.1) is 9.40 Å². The smallest absolute Gasteiger partial charge is 0.283 e. The van der Waals surface area contributed by atoms with Crippen LogP contribution in [-0.2, 0) is 6.54 Å². The van der Waals surface area contributed by atoms with Gasteiger partial charge in [-0.1, -0.05) is 36.4 Å². The summed E-state index contributed by atoms with van der Waals surface area (Å²) in [5.74, 6) is 0.833. The molecule has 0 radical (unpaired) electrons. The molecule has 3 rings (SSSR count). The fraction of sp³-hybridized carbons (Fsp3) is 0.333. The van der Waals surface area contributed by atoms with Gasteiger partial charge >= 0.3 is 0 Å². The third kappa shape index (κ3) is 4.58. The topological polar surface area (TPSA) is 72.4 Å². The van der Waals surface area contributed by atoms with Crippen LogP contribution in [0.5, 0.6) is 0 Å². The molecule has 2 aromatic rings. The summed E-state index contributed by atoms with van der Waals surface area (Å²) in [5, 5.41) is 11.1. The summed E-state index contributed by atoms with van der Waals surface area (Å²) in [6.07, 6.45) is 0. The zero-order chi connectivity index (χ0) is 17.1. The number of nitro groups is 1. The van der Waals surface area contributed by atoms with E-state index in [4.69, 9.17) is 5.73 Å². The highest BCUT2D eigenvalue weighted by atomic mass is 79.9. The first kappa shape index (κ1) is 19.8. The van der Waals surface area contributed by atoms with Crippen LogP contribution in [0.1, 0.15) is 17.0 Å². The van der Waals surface area contributed by atoms with Crippen molar-refractivity contribution >= 4 is 34.0 Å². The molecule has 0 amide bonds. The Hall–Kier alpha value is -1.47. The number of nitrogens with two attached hydrogens (primary N) is 1. The Kier molecular flexibility index (Phi) is 6.95. The Balaban J connectivity index is 0.00000225. The molecule has 2 N–H and O–H groups in total. The number of hydrogen-bond acceptors (Lipinski definition) is 4. The van der Waals surface area contributed by atoms with Gasteiger partial charge in [0.25, 0.3) is 5.69 Å². The molecule has 1 aliphatic heterocycles. The quantitative estimate of drug-likeness (QED) is 0.580. The molecule has 25 heavy (non-hydrogen) atoms. The lowest BCUT2D eigenvalue weighted by Crippen LogP contribution is -2.23. The predicted molar refractivity (Wildman–Crippen MR) is 105 cm³/mol. The zero-order valence-corrected chi connectivity index (χ0v) is 16.1. The summed E-state index contributed by atoms with van der Waals surface area (Å²) in [4.78, 5) is 13.1. The molecule has 5 nitrogen and oxygen atoms in total. The van der Waals surface area contributed by atoms with E-state index in [-0.39, 0.29) is 23.0 Å². The minimum absolute atomic E-state index is 0. The molecule has 1 aliphatic rings. The molecule has 0 saturated carbocycles. The molecule has 134 valence electrons. The number of hydrogen-bond donors (Lipinski definition) is 1. The van der Waals surface area contributed by atoms with Crippen molar-refractivity contribution in [3.05, 3.63) is 74.2 Å². The SMILES string of the molecule is Cl.NC[C@@H]1CN(Cc2ccc(Br)c([N+](=O)[O-])c2)C[C@H]1c1ccccc1. The molecular weight excluding hydrogens is 406 g/mol. The third-order valence-corrected chi connectivity index (χ3v) is 5.33. The van der Waals surface area contributed by atoms with Crippen LogP contribution in [0.4, 0.5) is 5.69 Å². The van der Waals surface area contributed by atoms with Gasteiger partial charge in [-0.2, -0.15) is 0 Å². The van der Waals surface area contributed by atoms with Crippen molar-refractivity contribution in [2.24, 2.45) is 11.7 Å². The number of halogens is 2. The van der Waals surface area contributed by atoms with E-state index in [0.29, 0.717) is 29.4 Å². The highest BCUT2D eigenvalue weighted by molar-refractivity contribution is 9.10. The van der Waals surface area contributed by atoms with Crippen LogP contribution >= 0.6 is 28.3 Å². The molecule has 7 heteroatoms. The van der Waals surface area contributed by atoms with Gasteiger partial charge in [0.2, 0.25) is 0 Å². The van der Waals surface area contributed by atoms with E-state index in [9.17, 15) is 10.1 Å². The first-order chi connectivity index (χ1) is 11.6. The normalized spacial score (nSPS) is 20.2. The Morgan fingerprint density at radius 2 is 1.92 bits per heavy atom. The molecular formula is C18H21BrClN3O2. The fourth-order valence-corrected chi connectivity index (χ4v) is 3.85. The van der Waals surface area contributed by atoms with Crippen molar-refractivity contribution < 1.29 is 4.92 Å². The van der Waals surface area contributed by atoms with Gasteiger partial charge in [-0.25, -0.2) is 0 Å². The van der Waals surface area contributed by atoms with Crippen LogP contribution in [0, 0.1) is 16.0 Å². The van der Waals surface area contributed by atoms with Crippen LogP contribution in [0.25, 0.3) is 0 Å². The number of nitrogens with zero attached hydrogens (tertiary/aromatic N) is 2. The Morgan fingerprint density at radius 3 is 2.56 bits per heavy atom. The van der Waals surface area contributed by atoms with Crippen LogP contribution in [0.15, 0.2) is 53.0 Å². The highest BCUT2D eigenvalue weighted by Gasteiger charge is 2.32. The average Bonchev–Trinajstić information content (AvgIpc) is 3.00. The van der Waals surface area contributed by atoms with Gasteiger partial charge in [-0.3, -0.25) is 15.0 Å². The van der Waals surface area contributed by atoms with E-state index in [1.807, 2.05) is 12.1 Å². The monoisotopic (exact) mass is 425 g/mol. The molecule has 1 fully saturated rings. The van der Waals surface area contributed by atoms with Crippen LogP contribution in [0.3, 0.4) is 0 Å². The zero-order valence-electron chi connectivity index (χ0n) is 13.7. The highest BCUT2D eigenvalue weighted by Crippen LogP contribution is 2.33. The van der Waals surface area contributed by atoms with E-state index in [0.717, 1.165) is 18.7 Å². The third-order valence-electron chi connectivity index (χ3n) is 4.66. The molecule has 1 heterocycles. The van der Waals surface area contributed by atoms with Crippen molar-refractivity contribution in [1.29, 1.82) is 0 Å². The maximum absolute atomic E-state index is 11.1. The number of nitro benzene ring substituents is 1. The molecule has 0 aromatic heterocycles. The van der Waals surface area contributed by atoms with Gasteiger partial charge in [0.1, 0.15) is 0 Å². The van der Waals surface area contributed by atoms with E-state index in [2.05, 4.69) is 45.1 Å². The number of benzene rings is 2. The van der Waals surface area contributed by atoms with Gasteiger partial charge < -0.3 is 5.73 Å². The summed E-state index contributed by atoms with van der Waals surface area (Å²) in [7, 11) is 0. The fourth-order valence-electron chi connectivity index (χ4n) is 3.46. The summed E-state index contributed by atoms with van der Waals surface area (Å²) in [6, 6.07) is 15.8. The van der Waals surface area contributed by atoms with Gasteiger partial charge in [0, 0.05) is 31.6 Å². The maximum Gasteiger partial charge on any atom is 0.283 e. The molecule has 0 bridgehead atoms. The average molecular weight is 427 g/mol. The molecule has 2 atom stereocenters. The lowest BCUT2D eigenvalue weighted by atomic mass is 9.89. The second-order valence-corrected chi connectivity index (χ2v) is 7.10. The summed E-state index contributed by atoms with van der Waals surface area (Å²) >= 11 is 3.23. The van der Waals surface area contributed by atoms with Crippen molar-refractivity contribution in [3.8, 4) is 0 Å². The van der Waals surface area contributed by atoms with Gasteiger partial charge in [-0.05, 0) is 45.6 Å². The maximum atomic E-state index is 11.1.